The molecule has 0 saturated carbocycles. The molecule has 2 fully saturated rings. The molecule has 0 spiro atoms. The summed E-state index contributed by atoms with van der Waals surface area (Å²) in [4.78, 5) is 5.43. The third-order valence-corrected chi connectivity index (χ3v) is 6.13. The predicted molar refractivity (Wildman–Crippen MR) is 107 cm³/mol. The summed E-state index contributed by atoms with van der Waals surface area (Å²) in [7, 11) is 0. The first kappa shape index (κ1) is 20.2. The summed E-state index contributed by atoms with van der Waals surface area (Å²) in [5, 5.41) is 0. The molecule has 2 aliphatic rings. The Balaban J connectivity index is 1.52. The zero-order valence-electron chi connectivity index (χ0n) is 17.2. The van der Waals surface area contributed by atoms with Gasteiger partial charge in [-0.15, -0.1) is 0 Å². The summed E-state index contributed by atoms with van der Waals surface area (Å²) in [5.41, 5.74) is 0.502. The number of nitrogens with zero attached hydrogens (tertiary/aromatic N) is 2. The molecule has 2 aliphatic heterocycles. The molecule has 24 heavy (non-hydrogen) atoms. The predicted octanol–water partition coefficient (Wildman–Crippen LogP) is 5.43. The van der Waals surface area contributed by atoms with Crippen molar-refractivity contribution in [2.45, 2.75) is 85.5 Å². The minimum Gasteiger partial charge on any atom is -0.303 e. The first-order valence-electron chi connectivity index (χ1n) is 10.9. The molecule has 2 rings (SSSR count). The Morgan fingerprint density at radius 3 is 2.33 bits per heavy atom. The minimum atomic E-state index is 0.502. The van der Waals surface area contributed by atoms with Gasteiger partial charge in [-0.2, -0.15) is 0 Å². The maximum absolute atomic E-state index is 2.73. The van der Waals surface area contributed by atoms with E-state index in [1.54, 1.807) is 0 Å². The summed E-state index contributed by atoms with van der Waals surface area (Å²) >= 11 is 0. The Morgan fingerprint density at radius 1 is 0.917 bits per heavy atom. The molecule has 0 bridgehead atoms. The number of likely N-dealkylation sites (tertiary alicyclic amines) is 2. The molecule has 0 aromatic rings. The van der Waals surface area contributed by atoms with Crippen LogP contribution in [-0.2, 0) is 0 Å². The molecule has 0 aromatic carbocycles. The van der Waals surface area contributed by atoms with Crippen LogP contribution in [0.3, 0.4) is 0 Å². The van der Waals surface area contributed by atoms with Crippen molar-refractivity contribution in [2.24, 2.45) is 17.3 Å². The molecule has 2 unspecified atom stereocenters. The summed E-state index contributed by atoms with van der Waals surface area (Å²) in [5.74, 6) is 1.90. The molecule has 0 amide bonds. The highest BCUT2D eigenvalue weighted by Gasteiger charge is 2.24. The van der Waals surface area contributed by atoms with Crippen molar-refractivity contribution in [3.63, 3.8) is 0 Å². The number of rotatable bonds is 9. The smallest absolute Gasteiger partial charge is 0.00102 e. The zero-order valence-corrected chi connectivity index (χ0v) is 17.2. The molecule has 2 atom stereocenters. The molecule has 0 aliphatic carbocycles. The molecule has 0 N–H and O–H groups in total. The highest BCUT2D eigenvalue weighted by atomic mass is 15.1. The monoisotopic (exact) mass is 336 g/mol. The Hall–Kier alpha value is -0.0800. The van der Waals surface area contributed by atoms with Gasteiger partial charge in [0.05, 0.1) is 0 Å². The topological polar surface area (TPSA) is 6.48 Å². The van der Waals surface area contributed by atoms with Crippen LogP contribution in [0.4, 0.5) is 0 Å². The van der Waals surface area contributed by atoms with Crippen molar-refractivity contribution in [3.05, 3.63) is 0 Å². The molecule has 2 heterocycles. The van der Waals surface area contributed by atoms with Crippen molar-refractivity contribution in [1.29, 1.82) is 0 Å². The minimum absolute atomic E-state index is 0.502. The van der Waals surface area contributed by atoms with Crippen molar-refractivity contribution in [3.8, 4) is 0 Å². The number of hydrogen-bond acceptors (Lipinski definition) is 2. The van der Waals surface area contributed by atoms with E-state index in [1.165, 1.54) is 97.1 Å². The lowest BCUT2D eigenvalue weighted by atomic mass is 9.90. The van der Waals surface area contributed by atoms with Crippen LogP contribution in [0, 0.1) is 17.3 Å². The molecule has 2 heteroatoms. The van der Waals surface area contributed by atoms with Gasteiger partial charge in [0, 0.05) is 6.54 Å². The molecular weight excluding hydrogens is 292 g/mol. The largest absolute Gasteiger partial charge is 0.303 e. The fraction of sp³-hybridized carbons (Fsp3) is 1.00. The number of hydrogen-bond donors (Lipinski definition) is 0. The average molecular weight is 337 g/mol. The third-order valence-electron chi connectivity index (χ3n) is 6.13. The lowest BCUT2D eigenvalue weighted by Gasteiger charge is -2.27. The highest BCUT2D eigenvalue weighted by molar-refractivity contribution is 4.78. The lowest BCUT2D eigenvalue weighted by molar-refractivity contribution is 0.217. The summed E-state index contributed by atoms with van der Waals surface area (Å²) in [6.07, 6.45) is 12.8. The van der Waals surface area contributed by atoms with Gasteiger partial charge in [-0.3, -0.25) is 0 Å². The Bertz CT molecular complexity index is 327. The summed E-state index contributed by atoms with van der Waals surface area (Å²) in [6.45, 7) is 17.7. The fourth-order valence-electron chi connectivity index (χ4n) is 4.67. The van der Waals surface area contributed by atoms with Crippen LogP contribution in [0.15, 0.2) is 0 Å². The Morgan fingerprint density at radius 2 is 1.62 bits per heavy atom. The molecule has 0 aromatic heterocycles. The van der Waals surface area contributed by atoms with Gasteiger partial charge in [0.2, 0.25) is 0 Å². The fourth-order valence-corrected chi connectivity index (χ4v) is 4.67. The molecule has 2 saturated heterocycles. The standard InChI is InChI=1S/C22H44N2/c1-20(10-8-15-23-13-6-5-7-14-23)18-21-11-17-24(19-21)16-9-12-22(2,3)4/h20-21H,5-19H2,1-4H3. The summed E-state index contributed by atoms with van der Waals surface area (Å²) in [6, 6.07) is 0. The van der Waals surface area contributed by atoms with Crippen LogP contribution in [0.1, 0.15) is 85.5 Å². The van der Waals surface area contributed by atoms with Crippen LogP contribution in [0.25, 0.3) is 0 Å². The van der Waals surface area contributed by atoms with E-state index in [9.17, 15) is 0 Å². The second kappa shape index (κ2) is 10.2. The van der Waals surface area contributed by atoms with Crippen molar-refractivity contribution in [1.82, 2.24) is 9.80 Å². The first-order chi connectivity index (χ1) is 11.4. The number of piperidine rings is 1. The van der Waals surface area contributed by atoms with Gasteiger partial charge in [-0.05, 0) is 101 Å². The van der Waals surface area contributed by atoms with Crippen molar-refractivity contribution >= 4 is 0 Å². The molecule has 2 nitrogen and oxygen atoms in total. The van der Waals surface area contributed by atoms with Gasteiger partial charge < -0.3 is 9.80 Å². The van der Waals surface area contributed by atoms with Crippen LogP contribution < -0.4 is 0 Å². The van der Waals surface area contributed by atoms with Gasteiger partial charge in [-0.1, -0.05) is 34.1 Å². The van der Waals surface area contributed by atoms with E-state index >= 15 is 0 Å². The maximum Gasteiger partial charge on any atom is 0.00102 e. The molecular formula is C22H44N2. The summed E-state index contributed by atoms with van der Waals surface area (Å²) < 4.78 is 0. The van der Waals surface area contributed by atoms with Crippen LogP contribution in [0.5, 0.6) is 0 Å². The van der Waals surface area contributed by atoms with Gasteiger partial charge in [-0.25, -0.2) is 0 Å². The van der Waals surface area contributed by atoms with Crippen molar-refractivity contribution < 1.29 is 0 Å². The molecule has 142 valence electrons. The second-order valence-corrected chi connectivity index (χ2v) is 10.0. The van der Waals surface area contributed by atoms with Gasteiger partial charge in [0.1, 0.15) is 0 Å². The Labute approximate surface area is 152 Å². The third kappa shape index (κ3) is 8.34. The highest BCUT2D eigenvalue weighted by Crippen LogP contribution is 2.27. The van der Waals surface area contributed by atoms with E-state index in [-0.39, 0.29) is 0 Å². The van der Waals surface area contributed by atoms with E-state index in [4.69, 9.17) is 0 Å². The van der Waals surface area contributed by atoms with E-state index in [0.29, 0.717) is 5.41 Å². The normalized spacial score (nSPS) is 25.2. The van der Waals surface area contributed by atoms with E-state index < -0.39 is 0 Å². The average Bonchev–Trinajstić information content (AvgIpc) is 2.94. The quantitative estimate of drug-likeness (QED) is 0.554. The van der Waals surface area contributed by atoms with Gasteiger partial charge >= 0.3 is 0 Å². The SMILES string of the molecule is CC(CCCN1CCCCC1)CC1CCN(CCCC(C)(C)C)C1. The van der Waals surface area contributed by atoms with E-state index in [2.05, 4.69) is 37.5 Å². The maximum atomic E-state index is 2.73. The van der Waals surface area contributed by atoms with Crippen molar-refractivity contribution in [2.75, 3.05) is 39.3 Å². The zero-order chi connectivity index (χ0) is 17.4. The lowest BCUT2D eigenvalue weighted by Crippen LogP contribution is -2.30. The second-order valence-electron chi connectivity index (χ2n) is 10.0. The van der Waals surface area contributed by atoms with Crippen LogP contribution >= 0.6 is 0 Å². The van der Waals surface area contributed by atoms with Crippen LogP contribution in [0.2, 0.25) is 0 Å². The van der Waals surface area contributed by atoms with Gasteiger partial charge in [0.25, 0.3) is 0 Å². The van der Waals surface area contributed by atoms with E-state index in [1.807, 2.05) is 0 Å². The Kier molecular flexibility index (Phi) is 8.57. The first-order valence-corrected chi connectivity index (χ1v) is 10.9. The van der Waals surface area contributed by atoms with Gasteiger partial charge in [0.15, 0.2) is 0 Å². The van der Waals surface area contributed by atoms with Crippen LogP contribution in [-0.4, -0.2) is 49.1 Å². The van der Waals surface area contributed by atoms with E-state index in [0.717, 1.165) is 11.8 Å². The molecule has 0 radical (unpaired) electrons.